The second kappa shape index (κ2) is 9.78. The Morgan fingerprint density at radius 3 is 2.54 bits per heavy atom. The predicted molar refractivity (Wildman–Crippen MR) is 131 cm³/mol. The smallest absolute Gasteiger partial charge is 0.270 e. The number of pyridine rings is 2. The Bertz CT molecular complexity index is 1560. The van der Waals surface area contributed by atoms with Gasteiger partial charge in [-0.05, 0) is 41.5 Å². The Morgan fingerprint density at radius 1 is 0.914 bits per heavy atom. The van der Waals surface area contributed by atoms with Crippen molar-refractivity contribution in [3.63, 3.8) is 0 Å². The van der Waals surface area contributed by atoms with Crippen molar-refractivity contribution in [2.45, 2.75) is 19.6 Å². The van der Waals surface area contributed by atoms with Crippen molar-refractivity contribution in [1.82, 2.24) is 29.4 Å². The molecule has 0 bridgehead atoms. The molecule has 4 aromatic heterocycles. The van der Waals surface area contributed by atoms with Crippen LogP contribution in [0, 0.1) is 0 Å². The minimum absolute atomic E-state index is 0.0789. The number of ether oxygens (including phenoxy) is 1. The summed E-state index contributed by atoms with van der Waals surface area (Å²) >= 11 is 0. The molecule has 9 heteroatoms. The maximum Gasteiger partial charge on any atom is 0.270 e. The van der Waals surface area contributed by atoms with E-state index in [1.54, 1.807) is 31.5 Å². The third-order valence-electron chi connectivity index (χ3n) is 5.61. The van der Waals surface area contributed by atoms with Gasteiger partial charge in [-0.3, -0.25) is 14.0 Å². The molecule has 0 atom stereocenters. The lowest BCUT2D eigenvalue weighted by molar-refractivity contribution is 0.0945. The largest absolute Gasteiger partial charge is 0.497 e. The van der Waals surface area contributed by atoms with E-state index in [1.807, 2.05) is 53.2 Å². The lowest BCUT2D eigenvalue weighted by atomic mass is 10.2. The first-order chi connectivity index (χ1) is 17.1. The van der Waals surface area contributed by atoms with E-state index in [0.29, 0.717) is 17.9 Å². The van der Waals surface area contributed by atoms with Crippen LogP contribution in [0.15, 0.2) is 84.0 Å². The molecular formula is C26H24N6O3. The molecule has 1 aromatic carbocycles. The summed E-state index contributed by atoms with van der Waals surface area (Å²) in [7, 11) is 1.66. The van der Waals surface area contributed by atoms with E-state index in [-0.39, 0.29) is 17.8 Å². The fraction of sp³-hybridized carbons (Fsp3) is 0.154. The van der Waals surface area contributed by atoms with Gasteiger partial charge in [-0.2, -0.15) is 0 Å². The number of nitrogens with one attached hydrogen (secondary N) is 2. The molecule has 0 aliphatic heterocycles. The minimum atomic E-state index is -0.422. The monoisotopic (exact) mass is 468 g/mol. The van der Waals surface area contributed by atoms with Gasteiger partial charge in [0, 0.05) is 37.7 Å². The van der Waals surface area contributed by atoms with Gasteiger partial charge in [-0.15, -0.1) is 0 Å². The van der Waals surface area contributed by atoms with Crippen molar-refractivity contribution in [2.75, 3.05) is 7.11 Å². The Kier molecular flexibility index (Phi) is 6.23. The zero-order valence-corrected chi connectivity index (χ0v) is 19.1. The van der Waals surface area contributed by atoms with Crippen LogP contribution in [0.4, 0.5) is 0 Å². The van der Waals surface area contributed by atoms with Gasteiger partial charge < -0.3 is 19.8 Å². The second-order valence-electron chi connectivity index (χ2n) is 8.08. The molecule has 0 aliphatic rings. The van der Waals surface area contributed by atoms with Crippen molar-refractivity contribution in [2.24, 2.45) is 0 Å². The molecule has 5 aromatic rings. The van der Waals surface area contributed by atoms with Gasteiger partial charge >= 0.3 is 0 Å². The number of amides is 1. The minimum Gasteiger partial charge on any atom is -0.497 e. The van der Waals surface area contributed by atoms with E-state index in [4.69, 9.17) is 4.74 Å². The summed E-state index contributed by atoms with van der Waals surface area (Å²) in [6.45, 7) is 1.67. The number of rotatable bonds is 8. The molecule has 2 N–H and O–H groups in total. The molecule has 4 heterocycles. The fourth-order valence-electron chi connectivity index (χ4n) is 3.81. The van der Waals surface area contributed by atoms with Crippen molar-refractivity contribution in [1.29, 1.82) is 0 Å². The van der Waals surface area contributed by atoms with Crippen LogP contribution >= 0.6 is 0 Å². The van der Waals surface area contributed by atoms with Crippen LogP contribution in [0.3, 0.4) is 0 Å². The van der Waals surface area contributed by atoms with Crippen molar-refractivity contribution in [3.05, 3.63) is 112 Å². The van der Waals surface area contributed by atoms with Gasteiger partial charge in [0.05, 0.1) is 19.3 Å². The molecule has 5 rings (SSSR count). The number of imidazole rings is 1. The average Bonchev–Trinajstić information content (AvgIpc) is 3.30. The van der Waals surface area contributed by atoms with E-state index < -0.39 is 5.91 Å². The van der Waals surface area contributed by atoms with Crippen LogP contribution in [-0.2, 0) is 19.6 Å². The van der Waals surface area contributed by atoms with E-state index in [0.717, 1.165) is 23.5 Å². The van der Waals surface area contributed by atoms with E-state index in [9.17, 15) is 9.59 Å². The number of aromatic nitrogens is 4. The Morgan fingerprint density at radius 2 is 1.71 bits per heavy atom. The molecule has 0 fully saturated rings. The highest BCUT2D eigenvalue weighted by atomic mass is 16.5. The first-order valence-electron chi connectivity index (χ1n) is 11.2. The Labute approximate surface area is 201 Å². The highest BCUT2D eigenvalue weighted by Gasteiger charge is 2.11. The molecule has 35 heavy (non-hydrogen) atoms. The molecular weight excluding hydrogens is 444 g/mol. The van der Waals surface area contributed by atoms with E-state index >= 15 is 0 Å². The van der Waals surface area contributed by atoms with Crippen LogP contribution in [0.5, 0.6) is 5.75 Å². The van der Waals surface area contributed by atoms with Gasteiger partial charge in [0.25, 0.3) is 11.5 Å². The lowest BCUT2D eigenvalue weighted by Crippen LogP contribution is -2.27. The van der Waals surface area contributed by atoms with Crippen LogP contribution in [-0.4, -0.2) is 31.8 Å². The summed E-state index contributed by atoms with van der Waals surface area (Å²) in [6.07, 6.45) is 5.51. The summed E-state index contributed by atoms with van der Waals surface area (Å²) in [6, 6.07) is 18.4. The normalized spacial score (nSPS) is 11.1. The quantitative estimate of drug-likeness (QED) is 0.363. The summed E-state index contributed by atoms with van der Waals surface area (Å²) in [5, 5.41) is 6.23. The first-order valence-corrected chi connectivity index (χ1v) is 11.2. The third kappa shape index (κ3) is 5.04. The number of hydrogen-bond acceptors (Lipinski definition) is 6. The second-order valence-corrected chi connectivity index (χ2v) is 8.08. The van der Waals surface area contributed by atoms with Gasteiger partial charge in [-0.25, -0.2) is 9.97 Å². The fourth-order valence-corrected chi connectivity index (χ4v) is 3.81. The summed E-state index contributed by atoms with van der Waals surface area (Å²) in [5.74, 6) is 0.419. The number of carbonyl (C=O) groups excluding carboxylic acids is 1. The Balaban J connectivity index is 1.20. The SMILES string of the molecule is COc1ccc(CNCc2ccc3nc(CNC(=O)c4cc(=O)n5ccccc5n4)cn3c2)cc1. The van der Waals surface area contributed by atoms with Crippen molar-refractivity contribution in [3.8, 4) is 5.75 Å². The topological polar surface area (TPSA) is 102 Å². The maximum atomic E-state index is 12.6. The number of benzene rings is 1. The van der Waals surface area contributed by atoms with Gasteiger partial charge in [0.15, 0.2) is 0 Å². The molecule has 0 spiro atoms. The zero-order chi connectivity index (χ0) is 24.2. The zero-order valence-electron chi connectivity index (χ0n) is 19.1. The summed E-state index contributed by atoms with van der Waals surface area (Å²) < 4.78 is 8.52. The molecule has 1 amide bonds. The molecule has 0 saturated heterocycles. The number of methoxy groups -OCH3 is 1. The van der Waals surface area contributed by atoms with Gasteiger partial charge in [0.2, 0.25) is 0 Å². The molecule has 0 radical (unpaired) electrons. The van der Waals surface area contributed by atoms with Crippen LogP contribution in [0.2, 0.25) is 0 Å². The highest BCUT2D eigenvalue weighted by molar-refractivity contribution is 5.92. The number of fused-ring (bicyclic) bond motifs is 2. The first kappa shape index (κ1) is 22.3. The lowest BCUT2D eigenvalue weighted by Gasteiger charge is -2.07. The standard InChI is InChI=1S/C26H24N6O3/c1-35-21-8-5-18(6-9-21)13-27-14-19-7-10-23-29-20(17-31(23)16-19)15-28-26(34)22-12-25(33)32-11-3-2-4-24(32)30-22/h2-12,16-17,27H,13-15H2,1H3,(H,28,34). The summed E-state index contributed by atoms with van der Waals surface area (Å²) in [4.78, 5) is 33.6. The highest BCUT2D eigenvalue weighted by Crippen LogP contribution is 2.12. The molecule has 176 valence electrons. The van der Waals surface area contributed by atoms with Crippen molar-refractivity contribution < 1.29 is 9.53 Å². The number of nitrogens with zero attached hydrogens (tertiary/aromatic N) is 4. The molecule has 0 aliphatic carbocycles. The Hall–Kier alpha value is -4.50. The summed E-state index contributed by atoms with van der Waals surface area (Å²) in [5.41, 5.74) is 3.98. The van der Waals surface area contributed by atoms with Gasteiger partial charge in [0.1, 0.15) is 22.7 Å². The van der Waals surface area contributed by atoms with E-state index in [2.05, 4.69) is 20.6 Å². The average molecular weight is 469 g/mol. The predicted octanol–water partition coefficient (Wildman–Crippen LogP) is 2.57. The maximum absolute atomic E-state index is 12.6. The van der Waals surface area contributed by atoms with Crippen molar-refractivity contribution >= 4 is 17.2 Å². The van der Waals surface area contributed by atoms with E-state index in [1.165, 1.54) is 16.0 Å². The van der Waals surface area contributed by atoms with Crippen LogP contribution in [0.25, 0.3) is 11.3 Å². The molecule has 0 saturated carbocycles. The van der Waals surface area contributed by atoms with Crippen LogP contribution < -0.4 is 20.9 Å². The third-order valence-corrected chi connectivity index (χ3v) is 5.61. The van der Waals surface area contributed by atoms with Crippen LogP contribution in [0.1, 0.15) is 27.3 Å². The molecule has 0 unspecified atom stereocenters. The van der Waals surface area contributed by atoms with Gasteiger partial charge in [-0.1, -0.05) is 24.3 Å². The number of hydrogen-bond donors (Lipinski definition) is 2. The molecule has 9 nitrogen and oxygen atoms in total. The number of carbonyl (C=O) groups is 1.